The summed E-state index contributed by atoms with van der Waals surface area (Å²) in [5, 5.41) is 3.37. The monoisotopic (exact) mass is 314 g/mol. The smallest absolute Gasteiger partial charge is 0.247 e. The SMILES string of the molecule is Cc1oc(C)c(S(=O)(=O)N2CCOCC2)c1CNC1CC1. The lowest BCUT2D eigenvalue weighted by molar-refractivity contribution is 0.0729. The van der Waals surface area contributed by atoms with Gasteiger partial charge < -0.3 is 14.5 Å². The molecule has 0 unspecified atom stereocenters. The van der Waals surface area contributed by atoms with Crippen LogP contribution in [0.4, 0.5) is 0 Å². The van der Waals surface area contributed by atoms with Crippen LogP contribution in [0.25, 0.3) is 0 Å². The van der Waals surface area contributed by atoms with Crippen LogP contribution in [0, 0.1) is 13.8 Å². The first-order valence-corrected chi connectivity index (χ1v) is 8.84. The maximum atomic E-state index is 12.9. The Bertz CT molecular complexity index is 613. The summed E-state index contributed by atoms with van der Waals surface area (Å²) in [5.41, 5.74) is 0.769. The molecule has 1 aliphatic carbocycles. The zero-order valence-corrected chi connectivity index (χ0v) is 13.3. The van der Waals surface area contributed by atoms with Crippen LogP contribution in [-0.2, 0) is 21.3 Å². The molecule has 0 aromatic carbocycles. The van der Waals surface area contributed by atoms with Crippen LogP contribution in [0.2, 0.25) is 0 Å². The average Bonchev–Trinajstić information content (AvgIpc) is 3.23. The van der Waals surface area contributed by atoms with E-state index in [1.54, 1.807) is 6.92 Å². The van der Waals surface area contributed by atoms with E-state index in [4.69, 9.17) is 9.15 Å². The van der Waals surface area contributed by atoms with Crippen LogP contribution in [0.1, 0.15) is 29.9 Å². The lowest BCUT2D eigenvalue weighted by Gasteiger charge is -2.26. The Hall–Kier alpha value is -0.890. The molecule has 7 heteroatoms. The van der Waals surface area contributed by atoms with E-state index in [-0.39, 0.29) is 0 Å². The van der Waals surface area contributed by atoms with Gasteiger partial charge in [0, 0.05) is 31.2 Å². The Balaban J connectivity index is 1.91. The van der Waals surface area contributed by atoms with Gasteiger partial charge in [-0.25, -0.2) is 8.42 Å². The number of nitrogens with one attached hydrogen (secondary N) is 1. The normalized spacial score (nSPS) is 20.9. The van der Waals surface area contributed by atoms with Crippen molar-refractivity contribution in [2.45, 2.75) is 44.2 Å². The van der Waals surface area contributed by atoms with Gasteiger partial charge in [-0.05, 0) is 26.7 Å². The molecule has 0 amide bonds. The van der Waals surface area contributed by atoms with Crippen molar-refractivity contribution >= 4 is 10.0 Å². The topological polar surface area (TPSA) is 71.8 Å². The van der Waals surface area contributed by atoms with E-state index in [2.05, 4.69) is 5.32 Å². The molecule has 1 aliphatic heterocycles. The minimum Gasteiger partial charge on any atom is -0.465 e. The van der Waals surface area contributed by atoms with Crippen molar-refractivity contribution in [3.05, 3.63) is 17.1 Å². The third-order valence-corrected chi connectivity index (χ3v) is 6.13. The van der Waals surface area contributed by atoms with Crippen LogP contribution in [0.5, 0.6) is 0 Å². The molecule has 2 fully saturated rings. The molecule has 1 aromatic rings. The fraction of sp³-hybridized carbons (Fsp3) is 0.714. The molecule has 118 valence electrons. The maximum absolute atomic E-state index is 12.9. The van der Waals surface area contributed by atoms with Gasteiger partial charge in [0.15, 0.2) is 0 Å². The molecule has 1 N–H and O–H groups in total. The number of nitrogens with zero attached hydrogens (tertiary/aromatic N) is 1. The van der Waals surface area contributed by atoms with Crippen LogP contribution in [0.3, 0.4) is 0 Å². The molecule has 2 aliphatic rings. The standard InChI is InChI=1S/C14H22N2O4S/c1-10-13(9-15-12-3-4-12)14(11(2)20-10)21(17,18)16-5-7-19-8-6-16/h12,15H,3-9H2,1-2H3. The largest absolute Gasteiger partial charge is 0.465 e. The molecular formula is C14H22N2O4S. The minimum absolute atomic E-state index is 0.343. The second-order valence-electron chi connectivity index (χ2n) is 5.69. The molecule has 21 heavy (non-hydrogen) atoms. The number of furan rings is 1. The van der Waals surface area contributed by atoms with Gasteiger partial charge in [0.25, 0.3) is 0 Å². The third kappa shape index (κ3) is 3.01. The number of rotatable bonds is 5. The minimum atomic E-state index is -3.51. The Morgan fingerprint density at radius 3 is 2.48 bits per heavy atom. The van der Waals surface area contributed by atoms with Crippen molar-refractivity contribution in [3.8, 4) is 0 Å². The third-order valence-electron chi connectivity index (χ3n) is 4.04. The summed E-state index contributed by atoms with van der Waals surface area (Å²) >= 11 is 0. The Kier molecular flexibility index (Phi) is 4.09. The summed E-state index contributed by atoms with van der Waals surface area (Å²) in [6.45, 7) is 5.81. The van der Waals surface area contributed by atoms with Crippen LogP contribution >= 0.6 is 0 Å². The lowest BCUT2D eigenvalue weighted by atomic mass is 10.2. The first-order chi connectivity index (χ1) is 10.00. The molecule has 0 radical (unpaired) electrons. The van der Waals surface area contributed by atoms with Crippen LogP contribution < -0.4 is 5.32 Å². The van der Waals surface area contributed by atoms with Crippen molar-refractivity contribution in [1.82, 2.24) is 9.62 Å². The molecule has 0 spiro atoms. The fourth-order valence-corrected chi connectivity index (χ4v) is 4.52. The first-order valence-electron chi connectivity index (χ1n) is 7.40. The van der Waals surface area contributed by atoms with Gasteiger partial charge in [0.1, 0.15) is 16.4 Å². The first kappa shape index (κ1) is 15.0. The molecular weight excluding hydrogens is 292 g/mol. The van der Waals surface area contributed by atoms with Crippen LogP contribution in [0.15, 0.2) is 9.31 Å². The molecule has 0 atom stereocenters. The molecule has 6 nitrogen and oxygen atoms in total. The Morgan fingerprint density at radius 2 is 1.86 bits per heavy atom. The number of sulfonamides is 1. The lowest BCUT2D eigenvalue weighted by Crippen LogP contribution is -2.41. The van der Waals surface area contributed by atoms with Crippen LogP contribution in [-0.4, -0.2) is 45.1 Å². The summed E-state index contributed by atoms with van der Waals surface area (Å²) in [6.07, 6.45) is 2.34. The predicted molar refractivity (Wildman–Crippen MR) is 77.6 cm³/mol. The molecule has 1 aromatic heterocycles. The summed E-state index contributed by atoms with van der Waals surface area (Å²) < 4.78 is 38.1. The number of aryl methyl sites for hydroxylation is 2. The van der Waals surface area contributed by atoms with Gasteiger partial charge in [0.2, 0.25) is 10.0 Å². The van der Waals surface area contributed by atoms with Crippen molar-refractivity contribution < 1.29 is 17.6 Å². The number of ether oxygens (including phenoxy) is 1. The van der Waals surface area contributed by atoms with Crippen molar-refractivity contribution in [2.75, 3.05) is 26.3 Å². The zero-order chi connectivity index (χ0) is 15.0. The fourth-order valence-electron chi connectivity index (χ4n) is 2.70. The van der Waals surface area contributed by atoms with Gasteiger partial charge in [0.05, 0.1) is 13.2 Å². The quantitative estimate of drug-likeness (QED) is 0.883. The van der Waals surface area contributed by atoms with Gasteiger partial charge in [-0.3, -0.25) is 0 Å². The second kappa shape index (κ2) is 5.72. The molecule has 3 rings (SSSR count). The zero-order valence-electron chi connectivity index (χ0n) is 12.5. The van der Waals surface area contributed by atoms with Crippen molar-refractivity contribution in [3.63, 3.8) is 0 Å². The van der Waals surface area contributed by atoms with E-state index >= 15 is 0 Å². The highest BCUT2D eigenvalue weighted by Crippen LogP contribution is 2.30. The summed E-state index contributed by atoms with van der Waals surface area (Å²) in [6, 6.07) is 0.526. The highest BCUT2D eigenvalue weighted by atomic mass is 32.2. The van der Waals surface area contributed by atoms with Crippen molar-refractivity contribution in [2.24, 2.45) is 0 Å². The maximum Gasteiger partial charge on any atom is 0.247 e. The molecule has 2 heterocycles. The highest BCUT2D eigenvalue weighted by molar-refractivity contribution is 7.89. The van der Waals surface area contributed by atoms with E-state index in [1.807, 2.05) is 6.92 Å². The van der Waals surface area contributed by atoms with Gasteiger partial charge in [-0.1, -0.05) is 0 Å². The summed E-state index contributed by atoms with van der Waals surface area (Å²) in [4.78, 5) is 0.343. The van der Waals surface area contributed by atoms with Gasteiger partial charge >= 0.3 is 0 Å². The number of hydrogen-bond donors (Lipinski definition) is 1. The number of morpholine rings is 1. The Morgan fingerprint density at radius 1 is 1.19 bits per heavy atom. The van der Waals surface area contributed by atoms with E-state index in [0.717, 1.165) is 5.56 Å². The summed E-state index contributed by atoms with van der Waals surface area (Å²) in [7, 11) is -3.51. The predicted octanol–water partition coefficient (Wildman–Crippen LogP) is 1.17. The van der Waals surface area contributed by atoms with Crippen molar-refractivity contribution in [1.29, 1.82) is 0 Å². The Labute approximate surface area is 125 Å². The van der Waals surface area contributed by atoms with E-state index in [9.17, 15) is 8.42 Å². The van der Waals surface area contributed by atoms with E-state index in [0.29, 0.717) is 55.3 Å². The van der Waals surface area contributed by atoms with E-state index < -0.39 is 10.0 Å². The molecule has 0 bridgehead atoms. The van der Waals surface area contributed by atoms with Gasteiger partial charge in [-0.2, -0.15) is 4.31 Å². The molecule has 1 saturated carbocycles. The number of hydrogen-bond acceptors (Lipinski definition) is 5. The van der Waals surface area contributed by atoms with Gasteiger partial charge in [-0.15, -0.1) is 0 Å². The summed E-state index contributed by atoms with van der Waals surface area (Å²) in [5.74, 6) is 1.17. The van der Waals surface area contributed by atoms with E-state index in [1.165, 1.54) is 17.1 Å². The molecule has 1 saturated heterocycles. The average molecular weight is 314 g/mol. The highest BCUT2D eigenvalue weighted by Gasteiger charge is 2.33. The second-order valence-corrected chi connectivity index (χ2v) is 7.57.